The fourth-order valence-corrected chi connectivity index (χ4v) is 0.623. The summed E-state index contributed by atoms with van der Waals surface area (Å²) in [6, 6.07) is 0. The number of carbonyl (C=O) groups is 1. The van der Waals surface area contributed by atoms with Crippen LogP contribution in [0.2, 0.25) is 0 Å². The summed E-state index contributed by atoms with van der Waals surface area (Å²) in [5.41, 5.74) is 0. The van der Waals surface area contributed by atoms with Crippen LogP contribution in [0.3, 0.4) is 0 Å². The molecule has 0 N–H and O–H groups in total. The van der Waals surface area contributed by atoms with Gasteiger partial charge >= 0.3 is 5.97 Å². The van der Waals surface area contributed by atoms with Gasteiger partial charge in [-0.2, -0.15) is 17.6 Å². The van der Waals surface area contributed by atoms with Crippen molar-refractivity contribution in [3.05, 3.63) is 0 Å². The van der Waals surface area contributed by atoms with E-state index < -0.39 is 0 Å². The molecule has 1 atom stereocenters. The number of carbonyl (C=O) groups excluding carboxylic acids is 1. The molecule has 0 fully saturated rings. The molecule has 0 aliphatic rings. The number of hydroxylamine groups is 1. The van der Waals surface area contributed by atoms with Crippen LogP contribution in [0.5, 0.6) is 0 Å². The van der Waals surface area contributed by atoms with E-state index in [1.807, 2.05) is 6.92 Å². The fraction of sp³-hybridized carbons (Fsp3) is 0.833. The quantitative estimate of drug-likeness (QED) is 0.382. The SMILES string of the molecule is [B]N(CC)OC(=O)CC(C)S. The van der Waals surface area contributed by atoms with Crippen LogP contribution in [0.25, 0.3) is 0 Å². The van der Waals surface area contributed by atoms with Gasteiger partial charge in [0, 0.05) is 11.8 Å². The summed E-state index contributed by atoms with van der Waals surface area (Å²) in [5, 5.41) is 0.00718. The van der Waals surface area contributed by atoms with Crippen molar-refractivity contribution in [3.63, 3.8) is 0 Å². The van der Waals surface area contributed by atoms with Crippen LogP contribution in [0.4, 0.5) is 0 Å². The Morgan fingerprint density at radius 3 is 2.73 bits per heavy atom. The summed E-state index contributed by atoms with van der Waals surface area (Å²) in [5.74, 6) is -0.350. The van der Waals surface area contributed by atoms with Crippen LogP contribution < -0.4 is 0 Å². The fourth-order valence-electron chi connectivity index (χ4n) is 0.474. The molecule has 0 saturated heterocycles. The Hall–Kier alpha value is -0.155. The monoisotopic (exact) mass is 173 g/mol. The highest BCUT2D eigenvalue weighted by molar-refractivity contribution is 7.80. The van der Waals surface area contributed by atoms with E-state index >= 15 is 0 Å². The highest BCUT2D eigenvalue weighted by Crippen LogP contribution is 2.01. The normalized spacial score (nSPS) is 13.1. The molecule has 1 unspecified atom stereocenters. The van der Waals surface area contributed by atoms with Gasteiger partial charge in [0.25, 0.3) is 0 Å². The van der Waals surface area contributed by atoms with Gasteiger partial charge in [-0.15, -0.1) is 0 Å². The smallest absolute Gasteiger partial charge is 0.324 e. The first kappa shape index (κ1) is 10.8. The molecule has 0 bridgehead atoms. The Morgan fingerprint density at radius 2 is 2.36 bits per heavy atom. The Labute approximate surface area is 73.9 Å². The molecule has 0 aromatic rings. The topological polar surface area (TPSA) is 29.5 Å². The Kier molecular flexibility index (Phi) is 5.41. The number of thiol groups is 1. The van der Waals surface area contributed by atoms with E-state index in [4.69, 9.17) is 7.98 Å². The second-order valence-electron chi connectivity index (χ2n) is 2.25. The third-order valence-corrected chi connectivity index (χ3v) is 1.18. The van der Waals surface area contributed by atoms with Crippen molar-refractivity contribution < 1.29 is 9.63 Å². The molecule has 0 aliphatic heterocycles. The van der Waals surface area contributed by atoms with Crippen molar-refractivity contribution in [1.29, 1.82) is 0 Å². The van der Waals surface area contributed by atoms with E-state index in [1.54, 1.807) is 6.92 Å². The molecular weight excluding hydrogens is 161 g/mol. The zero-order valence-electron chi connectivity index (χ0n) is 6.78. The van der Waals surface area contributed by atoms with Crippen molar-refractivity contribution >= 4 is 26.6 Å². The minimum atomic E-state index is -0.350. The van der Waals surface area contributed by atoms with E-state index in [2.05, 4.69) is 17.5 Å². The van der Waals surface area contributed by atoms with Crippen molar-refractivity contribution in [3.8, 4) is 0 Å². The maximum Gasteiger partial charge on any atom is 0.324 e. The average molecular weight is 173 g/mol. The molecule has 62 valence electrons. The van der Waals surface area contributed by atoms with Gasteiger partial charge in [0.15, 0.2) is 0 Å². The summed E-state index contributed by atoms with van der Waals surface area (Å²) in [6.45, 7) is 4.08. The summed E-state index contributed by atoms with van der Waals surface area (Å²) >= 11 is 4.03. The molecular formula is C6H12BNO2S. The number of rotatable bonds is 4. The number of hydrogen-bond donors (Lipinski definition) is 1. The molecule has 0 amide bonds. The molecule has 0 heterocycles. The molecule has 11 heavy (non-hydrogen) atoms. The number of hydrogen-bond acceptors (Lipinski definition) is 4. The third-order valence-electron chi connectivity index (χ3n) is 0.993. The maximum atomic E-state index is 10.8. The lowest BCUT2D eigenvalue weighted by Crippen LogP contribution is -2.25. The Balaban J connectivity index is 3.52. The van der Waals surface area contributed by atoms with Gasteiger partial charge in [0.05, 0.1) is 6.42 Å². The average Bonchev–Trinajstić information content (AvgIpc) is 1.85. The van der Waals surface area contributed by atoms with Gasteiger partial charge in [-0.1, -0.05) is 13.8 Å². The van der Waals surface area contributed by atoms with Gasteiger partial charge in [-0.05, 0) is 0 Å². The minimum absolute atomic E-state index is 0.00718. The van der Waals surface area contributed by atoms with Gasteiger partial charge < -0.3 is 4.84 Å². The molecule has 0 saturated carbocycles. The Bertz CT molecular complexity index is 132. The summed E-state index contributed by atoms with van der Waals surface area (Å²) in [6.07, 6.45) is 0.275. The maximum absolute atomic E-state index is 10.8. The van der Waals surface area contributed by atoms with Crippen LogP contribution >= 0.6 is 12.6 Å². The Morgan fingerprint density at radius 1 is 1.82 bits per heavy atom. The number of nitrogens with zero attached hydrogens (tertiary/aromatic N) is 1. The van der Waals surface area contributed by atoms with Crippen molar-refractivity contribution in [2.45, 2.75) is 25.5 Å². The van der Waals surface area contributed by atoms with Gasteiger partial charge in [0.2, 0.25) is 7.98 Å². The van der Waals surface area contributed by atoms with E-state index in [0.29, 0.717) is 6.54 Å². The molecule has 0 spiro atoms. The minimum Gasteiger partial charge on any atom is -0.381 e. The predicted molar refractivity (Wildman–Crippen MR) is 47.3 cm³/mol. The zero-order chi connectivity index (χ0) is 8.85. The lowest BCUT2D eigenvalue weighted by atomic mass is 10.3. The van der Waals surface area contributed by atoms with Crippen molar-refractivity contribution in [1.82, 2.24) is 4.97 Å². The predicted octanol–water partition coefficient (Wildman–Crippen LogP) is 0.558. The molecule has 0 aliphatic carbocycles. The summed E-state index contributed by atoms with van der Waals surface area (Å²) < 4.78 is 0. The van der Waals surface area contributed by atoms with Gasteiger partial charge in [0.1, 0.15) is 0 Å². The first-order valence-corrected chi connectivity index (χ1v) is 3.99. The highest BCUT2D eigenvalue weighted by atomic mass is 32.1. The standard InChI is InChI=1S/C6H12BNO2S/c1-3-8(7)10-6(9)4-5(2)11/h5,11H,3-4H2,1-2H3. The van der Waals surface area contributed by atoms with E-state index in [0.717, 1.165) is 4.97 Å². The van der Waals surface area contributed by atoms with Crippen molar-refractivity contribution in [2.75, 3.05) is 6.54 Å². The van der Waals surface area contributed by atoms with Gasteiger partial charge in [-0.3, -0.25) is 4.79 Å². The van der Waals surface area contributed by atoms with E-state index in [9.17, 15) is 4.79 Å². The second kappa shape index (κ2) is 5.49. The van der Waals surface area contributed by atoms with Crippen LogP contribution in [0.15, 0.2) is 0 Å². The second-order valence-corrected chi connectivity index (χ2v) is 3.13. The van der Waals surface area contributed by atoms with E-state index in [-0.39, 0.29) is 17.6 Å². The molecule has 0 aromatic heterocycles. The van der Waals surface area contributed by atoms with Crippen LogP contribution in [0, 0.1) is 0 Å². The first-order valence-electron chi connectivity index (χ1n) is 3.47. The molecule has 5 heteroatoms. The largest absolute Gasteiger partial charge is 0.381 e. The lowest BCUT2D eigenvalue weighted by Gasteiger charge is -2.14. The zero-order valence-corrected chi connectivity index (χ0v) is 7.67. The van der Waals surface area contributed by atoms with Crippen LogP contribution in [-0.4, -0.2) is 30.7 Å². The highest BCUT2D eigenvalue weighted by Gasteiger charge is 2.08. The van der Waals surface area contributed by atoms with Crippen molar-refractivity contribution in [2.24, 2.45) is 0 Å². The summed E-state index contributed by atoms with van der Waals surface area (Å²) in [4.78, 5) is 16.5. The summed E-state index contributed by atoms with van der Waals surface area (Å²) in [7, 11) is 5.21. The van der Waals surface area contributed by atoms with Crippen LogP contribution in [-0.2, 0) is 9.63 Å². The molecule has 0 aromatic carbocycles. The van der Waals surface area contributed by atoms with Crippen LogP contribution in [0.1, 0.15) is 20.3 Å². The molecule has 0 rings (SSSR count). The lowest BCUT2D eigenvalue weighted by molar-refractivity contribution is -0.168. The van der Waals surface area contributed by atoms with E-state index in [1.165, 1.54) is 0 Å². The molecule has 3 nitrogen and oxygen atoms in total. The first-order chi connectivity index (χ1) is 5.06. The van der Waals surface area contributed by atoms with Gasteiger partial charge in [-0.25, -0.2) is 0 Å². The molecule has 2 radical (unpaired) electrons. The third kappa shape index (κ3) is 6.25.